The zero-order chi connectivity index (χ0) is 46.6. The summed E-state index contributed by atoms with van der Waals surface area (Å²) in [6.45, 7) is -0.0865. The molecular formula is C56H63NO10. The van der Waals surface area contributed by atoms with Gasteiger partial charge >= 0.3 is 0 Å². The van der Waals surface area contributed by atoms with Crippen LogP contribution >= 0.6 is 0 Å². The number of aromatic hydroxyl groups is 6. The number of aliphatic hydroxyl groups excluding tert-OH is 1. The lowest BCUT2D eigenvalue weighted by Gasteiger charge is -2.52. The molecule has 67 heavy (non-hydrogen) atoms. The monoisotopic (exact) mass is 909 g/mol. The molecule has 9 atom stereocenters. The number of nitrogens with two attached hydrogens (primary N) is 1. The van der Waals surface area contributed by atoms with Gasteiger partial charge < -0.3 is 45.2 Å². The first-order chi connectivity index (χ1) is 32.4. The Balaban J connectivity index is 1.12. The molecule has 9 unspecified atom stereocenters. The van der Waals surface area contributed by atoms with E-state index in [9.17, 15) is 40.5 Å². The fraction of sp³-hybridized carbons (Fsp3) is 0.446. The number of carbonyl (C=O) groups excluding carboxylic acids is 1. The molecule has 0 heterocycles. The van der Waals surface area contributed by atoms with Gasteiger partial charge in [0, 0.05) is 24.0 Å². The number of ether oxygens (including phenoxy) is 2. The van der Waals surface area contributed by atoms with Crippen molar-refractivity contribution >= 4 is 5.78 Å². The summed E-state index contributed by atoms with van der Waals surface area (Å²) >= 11 is 0. The number of rotatable bonds is 13. The van der Waals surface area contributed by atoms with Gasteiger partial charge in [-0.2, -0.15) is 0 Å². The summed E-state index contributed by atoms with van der Waals surface area (Å²) in [5, 5.41) is 79.1. The van der Waals surface area contributed by atoms with Crippen LogP contribution in [0.3, 0.4) is 0 Å². The van der Waals surface area contributed by atoms with Gasteiger partial charge in [-0.3, -0.25) is 10.5 Å². The highest BCUT2D eigenvalue weighted by molar-refractivity contribution is 5.82. The summed E-state index contributed by atoms with van der Waals surface area (Å²) in [5.41, 5.74) is 10.6. The lowest BCUT2D eigenvalue weighted by atomic mass is 9.52. The fourth-order valence-electron chi connectivity index (χ4n) is 14.4. The predicted octanol–water partition coefficient (Wildman–Crippen LogP) is 9.74. The normalized spacial score (nSPS) is 28.1. The molecule has 5 aromatic carbocycles. The number of phenols is 6. The van der Waals surface area contributed by atoms with Gasteiger partial charge in [0.05, 0.1) is 6.10 Å². The summed E-state index contributed by atoms with van der Waals surface area (Å²) in [6, 6.07) is 29.0. The largest absolute Gasteiger partial charge is 0.508 e. The quantitative estimate of drug-likeness (QED) is 0.0413. The topological polar surface area (TPSA) is 203 Å². The molecule has 0 amide bonds. The van der Waals surface area contributed by atoms with Crippen LogP contribution < -0.4 is 15.2 Å². The van der Waals surface area contributed by atoms with Crippen molar-refractivity contribution in [3.63, 3.8) is 0 Å². The summed E-state index contributed by atoms with van der Waals surface area (Å²) in [7, 11) is 0. The van der Waals surface area contributed by atoms with Crippen molar-refractivity contribution in [2.24, 2.45) is 40.7 Å². The molecule has 0 radical (unpaired) electrons. The maximum absolute atomic E-state index is 14.9. The number of fused-ring (bicyclic) bond motifs is 1. The summed E-state index contributed by atoms with van der Waals surface area (Å²) in [5.74, 6) is -2.39. The number of hydrogen-bond acceptors (Lipinski definition) is 11. The molecule has 0 saturated heterocycles. The third-order valence-electron chi connectivity index (χ3n) is 17.2. The Hall–Kier alpha value is -5.91. The van der Waals surface area contributed by atoms with E-state index in [1.54, 1.807) is 48.5 Å². The van der Waals surface area contributed by atoms with Crippen LogP contribution in [-0.4, -0.2) is 54.4 Å². The Kier molecular flexibility index (Phi) is 12.0. The van der Waals surface area contributed by atoms with Crippen LogP contribution in [0, 0.1) is 35.0 Å². The minimum Gasteiger partial charge on any atom is -0.508 e. The van der Waals surface area contributed by atoms with E-state index in [0.29, 0.717) is 36.8 Å². The summed E-state index contributed by atoms with van der Waals surface area (Å²) < 4.78 is 12.0. The first-order valence-corrected chi connectivity index (χ1v) is 24.3. The molecule has 9 N–H and O–H groups in total. The molecule has 5 aromatic rings. The number of carbonyl (C=O) groups is 1. The number of phenolic OH excluding ortho intramolecular Hbond substituents is 6. The highest BCUT2D eigenvalue weighted by atomic mass is 16.5. The number of aryl methyl sites for hydroxylation is 1. The number of Topliss-reactive ketones (excluding diaryl/α,β-unsaturated/α-hetero) is 1. The van der Waals surface area contributed by atoms with Gasteiger partial charge in [0.2, 0.25) is 5.75 Å². The van der Waals surface area contributed by atoms with Crippen LogP contribution in [0.2, 0.25) is 0 Å². The summed E-state index contributed by atoms with van der Waals surface area (Å²) in [6.07, 6.45) is 9.48. The zero-order valence-corrected chi connectivity index (χ0v) is 37.9. The van der Waals surface area contributed by atoms with Crippen molar-refractivity contribution in [1.29, 1.82) is 0 Å². The maximum atomic E-state index is 14.9. The van der Waals surface area contributed by atoms with Crippen molar-refractivity contribution < 1.29 is 50.0 Å². The van der Waals surface area contributed by atoms with E-state index >= 15 is 0 Å². The van der Waals surface area contributed by atoms with E-state index in [0.717, 1.165) is 42.4 Å². The smallest absolute Gasteiger partial charge is 0.200 e. The Morgan fingerprint density at radius 2 is 1.52 bits per heavy atom. The average Bonchev–Trinajstić information content (AvgIpc) is 3.87. The molecule has 352 valence electrons. The van der Waals surface area contributed by atoms with Crippen molar-refractivity contribution in [1.82, 2.24) is 0 Å². The van der Waals surface area contributed by atoms with Crippen LogP contribution in [0.1, 0.15) is 116 Å². The molecule has 4 saturated carbocycles. The maximum Gasteiger partial charge on any atom is 0.200 e. The Bertz CT molecular complexity index is 2630. The molecule has 1 spiro atoms. The van der Waals surface area contributed by atoms with E-state index in [1.807, 2.05) is 6.07 Å². The van der Waals surface area contributed by atoms with E-state index < -0.39 is 17.9 Å². The van der Waals surface area contributed by atoms with E-state index in [4.69, 9.17) is 15.2 Å². The minimum atomic E-state index is -1.06. The molecule has 6 aliphatic carbocycles. The van der Waals surface area contributed by atoms with Crippen LogP contribution in [0.4, 0.5) is 0 Å². The molecule has 4 fully saturated rings. The molecule has 11 heteroatoms. The Labute approximate surface area is 391 Å². The van der Waals surface area contributed by atoms with Gasteiger partial charge in [0.1, 0.15) is 36.4 Å². The van der Waals surface area contributed by atoms with Crippen LogP contribution in [0.5, 0.6) is 46.0 Å². The fourth-order valence-corrected chi connectivity index (χ4v) is 14.4. The Morgan fingerprint density at radius 3 is 2.28 bits per heavy atom. The summed E-state index contributed by atoms with van der Waals surface area (Å²) in [4.78, 5) is 14.9. The minimum absolute atomic E-state index is 0.00516. The second-order valence-corrected chi connectivity index (χ2v) is 20.7. The van der Waals surface area contributed by atoms with E-state index in [1.165, 1.54) is 43.4 Å². The van der Waals surface area contributed by atoms with Crippen LogP contribution in [-0.2, 0) is 29.7 Å². The van der Waals surface area contributed by atoms with Gasteiger partial charge in [-0.25, -0.2) is 0 Å². The highest BCUT2D eigenvalue weighted by Crippen LogP contribution is 2.71. The predicted molar refractivity (Wildman–Crippen MR) is 252 cm³/mol. The van der Waals surface area contributed by atoms with E-state index in [2.05, 4.69) is 30.3 Å². The van der Waals surface area contributed by atoms with Gasteiger partial charge in [-0.15, -0.1) is 0 Å². The first-order valence-electron chi connectivity index (χ1n) is 24.3. The van der Waals surface area contributed by atoms with Crippen LogP contribution in [0.25, 0.3) is 0 Å². The third-order valence-corrected chi connectivity index (χ3v) is 17.2. The van der Waals surface area contributed by atoms with Crippen molar-refractivity contribution in [2.45, 2.75) is 113 Å². The van der Waals surface area contributed by atoms with Gasteiger partial charge in [-0.05, 0) is 175 Å². The number of aliphatic hydroxyl groups is 1. The SMILES string of the molecule is NCOc1cc(CCC(=O)C2CC(Cc3ccc(O)cc3O)C3CC4CC(C5(c6ccccc6)CCC6(CCCC6)C5)C(c5cc(O)c(O)c(OCc6cccc(O)c6)c54)C3C2O)ccc1O. The molecule has 0 aliphatic heterocycles. The molecule has 6 aliphatic rings. The van der Waals surface area contributed by atoms with Gasteiger partial charge in [0.15, 0.2) is 23.0 Å². The van der Waals surface area contributed by atoms with Crippen LogP contribution in [0.15, 0.2) is 97.1 Å². The zero-order valence-electron chi connectivity index (χ0n) is 37.9. The lowest BCUT2D eigenvalue weighted by Crippen LogP contribution is -2.51. The molecule has 11 rings (SSSR count). The molecule has 11 nitrogen and oxygen atoms in total. The Morgan fingerprint density at radius 1 is 0.731 bits per heavy atom. The second kappa shape index (κ2) is 18.0. The second-order valence-electron chi connectivity index (χ2n) is 20.7. The van der Waals surface area contributed by atoms with Crippen molar-refractivity contribution in [3.05, 3.63) is 130 Å². The number of benzene rings is 5. The average molecular weight is 910 g/mol. The van der Waals surface area contributed by atoms with Gasteiger partial charge in [0.25, 0.3) is 0 Å². The standard InChI is InChI=1S/C56H63NO10/c57-31-67-48-22-32(12-16-45(48)61)11-15-44(60)41-24-35(23-34-13-14-39(59)27-46(34)62)40-25-36-26-43(56(37-8-2-1-3-9-37)20-19-55(30-56)17-4-5-18-55)50(51(40)52(41)64)42-28-47(63)53(65)54(49(36)42)66-29-33-7-6-10-38(58)21-33/h1-3,6-10,12-14,16,21-22,27-28,35-36,40-41,43,50-52,58-59,61-65H,4-5,11,15,17-20,23-26,29-31,57H2. The lowest BCUT2D eigenvalue weighted by molar-refractivity contribution is -0.136. The number of hydrogen-bond donors (Lipinski definition) is 8. The highest BCUT2D eigenvalue weighted by Gasteiger charge is 2.63. The number of ketones is 1. The van der Waals surface area contributed by atoms with Crippen molar-refractivity contribution in [3.8, 4) is 46.0 Å². The molecule has 2 bridgehead atoms. The third kappa shape index (κ3) is 8.22. The van der Waals surface area contributed by atoms with E-state index in [-0.39, 0.29) is 112 Å². The van der Waals surface area contributed by atoms with Gasteiger partial charge in [-0.1, -0.05) is 67.4 Å². The first kappa shape index (κ1) is 44.9. The molecule has 0 aromatic heterocycles. The van der Waals surface area contributed by atoms with Crippen molar-refractivity contribution in [2.75, 3.05) is 6.73 Å². The molecular weight excluding hydrogens is 847 g/mol.